The first kappa shape index (κ1) is 27.5. The van der Waals surface area contributed by atoms with Crippen LogP contribution in [0.5, 0.6) is 5.75 Å². The van der Waals surface area contributed by atoms with Crippen LogP contribution in [0.2, 0.25) is 0 Å². The second-order valence-electron chi connectivity index (χ2n) is 13.5. The number of amides is 1. The molecule has 6 aromatic rings. The topological polar surface area (TPSA) is 104 Å². The quantitative estimate of drug-likeness (QED) is 0.244. The summed E-state index contributed by atoms with van der Waals surface area (Å²) >= 11 is 0. The Morgan fingerprint density at radius 3 is 2.61 bits per heavy atom. The Kier molecular flexibility index (Phi) is 6.06. The van der Waals surface area contributed by atoms with Crippen molar-refractivity contribution in [1.29, 1.82) is 0 Å². The first-order valence-corrected chi connectivity index (χ1v) is 16.4. The van der Waals surface area contributed by atoms with E-state index in [1.54, 1.807) is 7.11 Å². The van der Waals surface area contributed by atoms with Crippen molar-refractivity contribution in [3.05, 3.63) is 71.9 Å². The fourth-order valence-electron chi connectivity index (χ4n) is 7.95. The third kappa shape index (κ3) is 4.17. The minimum atomic E-state index is 0.00780. The molecular formula is C37H37N7O2. The highest BCUT2D eigenvalue weighted by molar-refractivity contribution is 6.01. The molecule has 4 aromatic heterocycles. The third-order valence-electron chi connectivity index (χ3n) is 10.6. The Balaban J connectivity index is 1.17. The van der Waals surface area contributed by atoms with Crippen LogP contribution in [0.3, 0.4) is 0 Å². The Bertz CT molecular complexity index is 2210. The maximum absolute atomic E-state index is 13.8. The highest BCUT2D eigenvalue weighted by Crippen LogP contribution is 2.40. The number of nitrogens with two attached hydrogens (primary N) is 1. The molecule has 2 aliphatic carbocycles. The van der Waals surface area contributed by atoms with Crippen molar-refractivity contribution in [1.82, 2.24) is 29.0 Å². The van der Waals surface area contributed by atoms with Gasteiger partial charge >= 0.3 is 0 Å². The zero-order valence-electron chi connectivity index (χ0n) is 26.4. The fraction of sp³-hybridized carbons (Fsp3) is 0.351. The lowest BCUT2D eigenvalue weighted by molar-refractivity contribution is 0.0700. The molecular weight excluding hydrogens is 574 g/mol. The first-order chi connectivity index (χ1) is 22.4. The summed E-state index contributed by atoms with van der Waals surface area (Å²) in [4.78, 5) is 30.9. The van der Waals surface area contributed by atoms with Gasteiger partial charge in [-0.1, -0.05) is 18.2 Å². The molecule has 9 heteroatoms. The summed E-state index contributed by atoms with van der Waals surface area (Å²) in [5, 5.41) is 2.17. The van der Waals surface area contributed by atoms with Crippen LogP contribution >= 0.6 is 0 Å². The maximum Gasteiger partial charge on any atom is 0.254 e. The molecule has 0 radical (unpaired) electrons. The molecule has 5 heterocycles. The zero-order chi connectivity index (χ0) is 31.3. The van der Waals surface area contributed by atoms with E-state index < -0.39 is 0 Å². The van der Waals surface area contributed by atoms with Crippen molar-refractivity contribution in [2.45, 2.75) is 51.2 Å². The standard InChI is InChI=1S/C37H37N7O2/c1-20-7-12-26-25(5-4-6-27(26)39-20)28-13-10-22-16-31(43(35(22)40-28)18-21-8-9-21)36-41-29-15-24(17-32(46-3)34(29)42(36)2)37(45)44-19-23-11-14-30(44)33(23)38/h4-7,10,12-13,15-17,21,23,30,33H,8-9,11,14,18-19,38H2,1-3H3/t23?,30?,33-/m1/s1. The summed E-state index contributed by atoms with van der Waals surface area (Å²) in [5.41, 5.74) is 14.6. The van der Waals surface area contributed by atoms with E-state index in [2.05, 4.69) is 57.7 Å². The van der Waals surface area contributed by atoms with Gasteiger partial charge in [-0.25, -0.2) is 9.97 Å². The molecule has 2 bridgehead atoms. The van der Waals surface area contributed by atoms with Gasteiger partial charge in [-0.15, -0.1) is 0 Å². The number of hydrogen-bond acceptors (Lipinski definition) is 6. The highest BCUT2D eigenvalue weighted by atomic mass is 16.5. The lowest BCUT2D eigenvalue weighted by Gasteiger charge is -2.27. The number of fused-ring (bicyclic) bond motifs is 5. The number of carbonyl (C=O) groups is 1. The molecule has 3 fully saturated rings. The number of benzene rings is 2. The molecule has 2 saturated carbocycles. The maximum atomic E-state index is 13.8. The van der Waals surface area contributed by atoms with Gasteiger partial charge in [0.25, 0.3) is 5.91 Å². The molecule has 232 valence electrons. The van der Waals surface area contributed by atoms with Gasteiger partial charge in [-0.2, -0.15) is 0 Å². The summed E-state index contributed by atoms with van der Waals surface area (Å²) < 4.78 is 10.3. The van der Waals surface area contributed by atoms with Gasteiger partial charge in [-0.3, -0.25) is 9.78 Å². The Hall–Kier alpha value is -4.76. The number of ether oxygens (including phenoxy) is 1. The van der Waals surface area contributed by atoms with Crippen LogP contribution in [0.1, 0.15) is 41.7 Å². The Morgan fingerprint density at radius 2 is 1.85 bits per heavy atom. The number of hydrogen-bond donors (Lipinski definition) is 1. The van der Waals surface area contributed by atoms with E-state index in [4.69, 9.17) is 25.4 Å². The molecule has 0 spiro atoms. The number of imidazole rings is 1. The molecule has 1 saturated heterocycles. The van der Waals surface area contributed by atoms with Crippen LogP contribution in [0.4, 0.5) is 0 Å². The van der Waals surface area contributed by atoms with Crippen molar-refractivity contribution < 1.29 is 9.53 Å². The van der Waals surface area contributed by atoms with Crippen LogP contribution in [-0.4, -0.2) is 60.6 Å². The monoisotopic (exact) mass is 611 g/mol. The minimum Gasteiger partial charge on any atom is -0.494 e. The molecule has 3 aliphatic rings. The number of pyridine rings is 2. The third-order valence-corrected chi connectivity index (χ3v) is 10.6. The smallest absolute Gasteiger partial charge is 0.254 e. The van der Waals surface area contributed by atoms with Crippen LogP contribution in [0, 0.1) is 18.8 Å². The van der Waals surface area contributed by atoms with Crippen molar-refractivity contribution in [2.24, 2.45) is 24.6 Å². The van der Waals surface area contributed by atoms with E-state index in [0.717, 1.165) is 87.4 Å². The Morgan fingerprint density at radius 1 is 0.978 bits per heavy atom. The number of methoxy groups -OCH3 is 1. The lowest BCUT2D eigenvalue weighted by Crippen LogP contribution is -2.41. The molecule has 9 nitrogen and oxygen atoms in total. The van der Waals surface area contributed by atoms with E-state index in [-0.39, 0.29) is 18.0 Å². The number of carbonyl (C=O) groups excluding carboxylic acids is 1. The van der Waals surface area contributed by atoms with Crippen LogP contribution < -0.4 is 10.5 Å². The number of rotatable bonds is 6. The minimum absolute atomic E-state index is 0.00780. The summed E-state index contributed by atoms with van der Waals surface area (Å²) in [6.45, 7) is 3.63. The molecule has 3 atom stereocenters. The van der Waals surface area contributed by atoms with Crippen LogP contribution in [-0.2, 0) is 13.6 Å². The SMILES string of the molecule is COc1cc(C(=O)N2CC3CCC2[C@@H]3N)cc2nc(-c3cc4ccc(-c5cccc6nc(C)ccc56)nc4n3CC3CC3)n(C)c12. The average Bonchev–Trinajstić information content (AvgIpc) is 3.47. The van der Waals surface area contributed by atoms with Gasteiger partial charge in [0.2, 0.25) is 0 Å². The van der Waals surface area contributed by atoms with E-state index in [9.17, 15) is 4.79 Å². The predicted octanol–water partition coefficient (Wildman–Crippen LogP) is 6.09. The summed E-state index contributed by atoms with van der Waals surface area (Å²) in [6, 6.07) is 20.9. The van der Waals surface area contributed by atoms with Gasteiger partial charge in [0.1, 0.15) is 16.9 Å². The normalized spacial score (nSPS) is 20.9. The molecule has 2 unspecified atom stereocenters. The molecule has 2 N–H and O–H groups in total. The molecule has 46 heavy (non-hydrogen) atoms. The number of aryl methyl sites for hydroxylation is 2. The van der Waals surface area contributed by atoms with Crippen LogP contribution in [0.25, 0.3) is 55.7 Å². The lowest BCUT2D eigenvalue weighted by atomic mass is 10.0. The fourth-order valence-corrected chi connectivity index (χ4v) is 7.95. The van der Waals surface area contributed by atoms with Gasteiger partial charge in [0, 0.05) is 59.8 Å². The summed E-state index contributed by atoms with van der Waals surface area (Å²) in [6.07, 6.45) is 4.52. The van der Waals surface area contributed by atoms with Crippen molar-refractivity contribution >= 4 is 38.9 Å². The summed E-state index contributed by atoms with van der Waals surface area (Å²) in [7, 11) is 3.68. The molecule has 2 aromatic carbocycles. The highest BCUT2D eigenvalue weighted by Gasteiger charge is 2.47. The second kappa shape index (κ2) is 10.1. The van der Waals surface area contributed by atoms with Gasteiger partial charge in [0.05, 0.1) is 29.5 Å². The predicted molar refractivity (Wildman–Crippen MR) is 180 cm³/mol. The molecule has 9 rings (SSSR count). The van der Waals surface area contributed by atoms with Crippen molar-refractivity contribution in [3.63, 3.8) is 0 Å². The van der Waals surface area contributed by atoms with Gasteiger partial charge < -0.3 is 24.5 Å². The first-order valence-electron chi connectivity index (χ1n) is 16.4. The van der Waals surface area contributed by atoms with Gasteiger partial charge in [0.15, 0.2) is 5.82 Å². The number of nitrogens with zero attached hydrogens (tertiary/aromatic N) is 6. The van der Waals surface area contributed by atoms with E-state index in [0.29, 0.717) is 23.1 Å². The van der Waals surface area contributed by atoms with E-state index in [1.165, 1.54) is 12.8 Å². The van der Waals surface area contributed by atoms with Gasteiger partial charge in [-0.05, 0) is 86.9 Å². The molecule has 1 amide bonds. The Labute approximate surface area is 267 Å². The summed E-state index contributed by atoms with van der Waals surface area (Å²) in [5.74, 6) is 2.49. The number of likely N-dealkylation sites (tertiary alicyclic amines) is 1. The number of aromatic nitrogens is 5. The van der Waals surface area contributed by atoms with Crippen molar-refractivity contribution in [3.8, 4) is 28.5 Å². The van der Waals surface area contributed by atoms with Crippen LogP contribution in [0.15, 0.2) is 60.7 Å². The largest absolute Gasteiger partial charge is 0.494 e. The second-order valence-corrected chi connectivity index (χ2v) is 13.5. The van der Waals surface area contributed by atoms with E-state index in [1.807, 2.05) is 31.0 Å². The van der Waals surface area contributed by atoms with Crippen molar-refractivity contribution in [2.75, 3.05) is 13.7 Å². The zero-order valence-corrected chi connectivity index (χ0v) is 26.4. The molecule has 1 aliphatic heterocycles. The number of piperidine rings is 1. The van der Waals surface area contributed by atoms with E-state index >= 15 is 0 Å². The average molecular weight is 612 g/mol.